The Morgan fingerprint density at radius 3 is 2.80 bits per heavy atom. The van der Waals surface area contributed by atoms with E-state index in [1.807, 2.05) is 25.3 Å². The number of allylic oxidation sites excluding steroid dienone is 4. The number of nitrogens with one attached hydrogen (secondary N) is 2. The molecule has 0 aliphatic carbocycles. The van der Waals surface area contributed by atoms with Crippen molar-refractivity contribution in [2.24, 2.45) is 5.73 Å². The number of hydrogen-bond donors (Lipinski definition) is 3. The van der Waals surface area contributed by atoms with Gasteiger partial charge in [0, 0.05) is 36.6 Å². The predicted molar refractivity (Wildman–Crippen MR) is 127 cm³/mol. The molecule has 0 radical (unpaired) electrons. The third kappa shape index (κ3) is 4.77. The van der Waals surface area contributed by atoms with E-state index in [0.29, 0.717) is 6.54 Å². The molecule has 0 bridgehead atoms. The Kier molecular flexibility index (Phi) is 7.00. The zero-order chi connectivity index (χ0) is 21.7. The van der Waals surface area contributed by atoms with Gasteiger partial charge in [0.1, 0.15) is 17.8 Å². The topological polar surface area (TPSA) is 82.9 Å². The van der Waals surface area contributed by atoms with Gasteiger partial charge in [-0.25, -0.2) is 9.97 Å². The summed E-state index contributed by atoms with van der Waals surface area (Å²) in [6, 6.07) is 2.01. The monoisotopic (exact) mass is 426 g/mol. The Morgan fingerprint density at radius 2 is 2.13 bits per heavy atom. The van der Waals surface area contributed by atoms with Crippen LogP contribution in [0.4, 0.5) is 5.82 Å². The number of piperidine rings is 1. The van der Waals surface area contributed by atoms with Crippen molar-refractivity contribution in [1.82, 2.24) is 20.3 Å². The SMILES string of the molecule is C=C/C(CC)=C(Cl)\C=C(/C)CNC(=C)C1(N)CCN(c2ncnc3[nH]ccc23)CC1. The van der Waals surface area contributed by atoms with Gasteiger partial charge in [0.2, 0.25) is 0 Å². The Labute approximate surface area is 183 Å². The van der Waals surface area contributed by atoms with Crippen molar-refractivity contribution in [2.45, 2.75) is 38.6 Å². The van der Waals surface area contributed by atoms with Gasteiger partial charge in [0.25, 0.3) is 0 Å². The number of H-pyrrole nitrogens is 1. The van der Waals surface area contributed by atoms with Gasteiger partial charge in [-0.15, -0.1) is 0 Å². The van der Waals surface area contributed by atoms with Crippen molar-refractivity contribution in [1.29, 1.82) is 0 Å². The molecule has 1 aliphatic rings. The third-order valence-electron chi connectivity index (χ3n) is 5.78. The van der Waals surface area contributed by atoms with E-state index in [-0.39, 0.29) is 0 Å². The summed E-state index contributed by atoms with van der Waals surface area (Å²) in [7, 11) is 0. The van der Waals surface area contributed by atoms with Crippen LogP contribution in [0.25, 0.3) is 11.0 Å². The number of rotatable bonds is 8. The Bertz CT molecular complexity index is 978. The summed E-state index contributed by atoms with van der Waals surface area (Å²) in [6.45, 7) is 14.4. The molecule has 6 nitrogen and oxygen atoms in total. The van der Waals surface area contributed by atoms with Crippen LogP contribution in [0, 0.1) is 0 Å². The first-order chi connectivity index (χ1) is 14.4. The number of nitrogens with two attached hydrogens (primary N) is 1. The zero-order valence-electron chi connectivity index (χ0n) is 17.8. The number of aromatic amines is 1. The van der Waals surface area contributed by atoms with Crippen molar-refractivity contribution >= 4 is 28.5 Å². The van der Waals surface area contributed by atoms with Crippen LogP contribution in [-0.2, 0) is 0 Å². The van der Waals surface area contributed by atoms with Gasteiger partial charge in [0.05, 0.1) is 10.9 Å². The molecule has 0 saturated carbocycles. The fourth-order valence-electron chi connectivity index (χ4n) is 3.72. The van der Waals surface area contributed by atoms with E-state index in [9.17, 15) is 0 Å². The summed E-state index contributed by atoms with van der Waals surface area (Å²) in [6.07, 6.45) is 9.73. The maximum absolute atomic E-state index is 6.72. The van der Waals surface area contributed by atoms with E-state index in [4.69, 9.17) is 17.3 Å². The molecule has 0 unspecified atom stereocenters. The molecule has 160 valence electrons. The normalized spacial score (nSPS) is 17.6. The van der Waals surface area contributed by atoms with Gasteiger partial charge in [-0.3, -0.25) is 0 Å². The lowest BCUT2D eigenvalue weighted by atomic mass is 9.85. The van der Waals surface area contributed by atoms with Crippen LogP contribution in [0.2, 0.25) is 0 Å². The fraction of sp³-hybridized carbons (Fsp3) is 0.391. The first-order valence-corrected chi connectivity index (χ1v) is 10.7. The highest BCUT2D eigenvalue weighted by Crippen LogP contribution is 2.30. The molecule has 30 heavy (non-hydrogen) atoms. The van der Waals surface area contributed by atoms with E-state index in [1.54, 1.807) is 12.4 Å². The molecule has 4 N–H and O–H groups in total. The summed E-state index contributed by atoms with van der Waals surface area (Å²) in [5.41, 5.74) is 10.1. The lowest BCUT2D eigenvalue weighted by molar-refractivity contribution is 0.369. The lowest BCUT2D eigenvalue weighted by Gasteiger charge is -2.41. The van der Waals surface area contributed by atoms with Crippen LogP contribution in [0.3, 0.4) is 0 Å². The van der Waals surface area contributed by atoms with Crippen LogP contribution < -0.4 is 16.0 Å². The second-order valence-electron chi connectivity index (χ2n) is 7.83. The smallest absolute Gasteiger partial charge is 0.142 e. The van der Waals surface area contributed by atoms with Crippen molar-refractivity contribution in [3.8, 4) is 0 Å². The lowest BCUT2D eigenvalue weighted by Crippen LogP contribution is -2.54. The number of halogens is 1. The van der Waals surface area contributed by atoms with Crippen molar-refractivity contribution < 1.29 is 0 Å². The van der Waals surface area contributed by atoms with Crippen LogP contribution >= 0.6 is 11.6 Å². The molecule has 0 spiro atoms. The van der Waals surface area contributed by atoms with Gasteiger partial charge < -0.3 is 20.9 Å². The number of nitrogens with zero attached hydrogens (tertiary/aromatic N) is 3. The minimum atomic E-state index is -0.448. The summed E-state index contributed by atoms with van der Waals surface area (Å²) < 4.78 is 0. The van der Waals surface area contributed by atoms with Gasteiger partial charge in [-0.05, 0) is 43.9 Å². The summed E-state index contributed by atoms with van der Waals surface area (Å²) in [5, 5.41) is 5.18. The molecule has 2 aromatic rings. The first kappa shape index (κ1) is 22.1. The van der Waals surface area contributed by atoms with Crippen molar-refractivity contribution in [2.75, 3.05) is 24.5 Å². The number of fused-ring (bicyclic) bond motifs is 1. The molecule has 0 atom stereocenters. The minimum absolute atomic E-state index is 0.448. The van der Waals surface area contributed by atoms with Gasteiger partial charge in [-0.2, -0.15) is 0 Å². The molecule has 2 aromatic heterocycles. The second kappa shape index (κ2) is 9.49. The maximum Gasteiger partial charge on any atom is 0.142 e. The largest absolute Gasteiger partial charge is 0.384 e. The third-order valence-corrected chi connectivity index (χ3v) is 6.13. The van der Waals surface area contributed by atoms with E-state index in [1.165, 1.54) is 0 Å². The van der Waals surface area contributed by atoms with Crippen LogP contribution in [0.5, 0.6) is 0 Å². The molecule has 3 heterocycles. The van der Waals surface area contributed by atoms with Gasteiger partial charge in [0.15, 0.2) is 0 Å². The molecule has 3 rings (SSSR count). The van der Waals surface area contributed by atoms with E-state index in [2.05, 4.69) is 45.3 Å². The van der Waals surface area contributed by atoms with Gasteiger partial charge in [-0.1, -0.05) is 43.3 Å². The number of anilines is 1. The molecular weight excluding hydrogens is 396 g/mol. The highest BCUT2D eigenvalue weighted by Gasteiger charge is 2.34. The molecule has 0 aromatic carbocycles. The average Bonchev–Trinajstić information content (AvgIpc) is 3.22. The molecule has 0 amide bonds. The highest BCUT2D eigenvalue weighted by atomic mass is 35.5. The highest BCUT2D eigenvalue weighted by molar-refractivity contribution is 6.31. The second-order valence-corrected chi connectivity index (χ2v) is 8.24. The predicted octanol–water partition coefficient (Wildman–Crippen LogP) is 4.39. The quantitative estimate of drug-likeness (QED) is 0.545. The van der Waals surface area contributed by atoms with Crippen molar-refractivity contribution in [3.63, 3.8) is 0 Å². The Morgan fingerprint density at radius 1 is 1.40 bits per heavy atom. The molecular formula is C23H31ClN6. The molecule has 1 saturated heterocycles. The zero-order valence-corrected chi connectivity index (χ0v) is 18.6. The fourth-order valence-corrected chi connectivity index (χ4v) is 4.12. The van der Waals surface area contributed by atoms with Crippen molar-refractivity contribution in [3.05, 3.63) is 65.8 Å². The van der Waals surface area contributed by atoms with Crippen LogP contribution in [-0.4, -0.2) is 40.1 Å². The number of hydrogen-bond acceptors (Lipinski definition) is 5. The maximum atomic E-state index is 6.72. The van der Waals surface area contributed by atoms with E-state index in [0.717, 1.165) is 71.1 Å². The van der Waals surface area contributed by atoms with Gasteiger partial charge >= 0.3 is 0 Å². The van der Waals surface area contributed by atoms with E-state index < -0.39 is 5.54 Å². The molecule has 1 aliphatic heterocycles. The molecule has 7 heteroatoms. The molecule has 1 fully saturated rings. The minimum Gasteiger partial charge on any atom is -0.384 e. The van der Waals surface area contributed by atoms with Crippen LogP contribution in [0.15, 0.2) is 65.8 Å². The first-order valence-electron chi connectivity index (χ1n) is 10.3. The average molecular weight is 427 g/mol. The Hall–Kier alpha value is -2.57. The Balaban J connectivity index is 1.59. The van der Waals surface area contributed by atoms with Crippen LogP contribution in [0.1, 0.15) is 33.1 Å². The van der Waals surface area contributed by atoms with E-state index >= 15 is 0 Å². The summed E-state index contributed by atoms with van der Waals surface area (Å²) in [5.74, 6) is 0.955. The standard InChI is InChI=1S/C23H31ClN6/c1-5-18(6-2)20(24)13-16(3)14-27-17(4)23(25)8-11-30(12-9-23)22-19-7-10-26-21(19)28-15-29-22/h5,7,10,13,15,27H,1,4,6,8-9,11-12,14,25H2,2-3H3,(H,26,28,29)/b16-13+,20-18-. The summed E-state index contributed by atoms with van der Waals surface area (Å²) in [4.78, 5) is 14.2. The number of aromatic nitrogens is 3. The summed E-state index contributed by atoms with van der Waals surface area (Å²) >= 11 is 6.38.